The molecule has 0 atom stereocenters. The Labute approximate surface area is 136 Å². The normalized spacial score (nSPS) is 14.3. The fraction of sp³-hybridized carbons (Fsp3) is 0.389. The number of aromatic nitrogens is 2. The lowest BCUT2D eigenvalue weighted by Crippen LogP contribution is -2.39. The molecule has 1 N–H and O–H groups in total. The maximum absolute atomic E-state index is 12.4. The molecule has 1 aromatic heterocycles. The summed E-state index contributed by atoms with van der Waals surface area (Å²) in [6.45, 7) is 7.97. The van der Waals surface area contributed by atoms with E-state index < -0.39 is 0 Å². The first-order chi connectivity index (χ1) is 10.9. The fourth-order valence-corrected chi connectivity index (χ4v) is 2.75. The SMILES string of the molecule is CC(C)(C)c1ccc2c(c1)CN(C(=O)Nc1ccncn1)CC2. The van der Waals surface area contributed by atoms with Gasteiger partial charge in [-0.3, -0.25) is 5.32 Å². The number of anilines is 1. The topological polar surface area (TPSA) is 58.1 Å². The van der Waals surface area contributed by atoms with Crippen molar-refractivity contribution >= 4 is 11.8 Å². The maximum atomic E-state index is 12.4. The smallest absolute Gasteiger partial charge is 0.320 e. The largest absolute Gasteiger partial charge is 0.323 e. The van der Waals surface area contributed by atoms with Gasteiger partial charge in [0.05, 0.1) is 0 Å². The Morgan fingerprint density at radius 3 is 2.74 bits per heavy atom. The molecular weight excluding hydrogens is 288 g/mol. The number of benzene rings is 1. The molecule has 0 saturated heterocycles. The Hall–Kier alpha value is -2.43. The number of nitrogens with zero attached hydrogens (tertiary/aromatic N) is 3. The van der Waals surface area contributed by atoms with E-state index in [1.807, 2.05) is 4.90 Å². The van der Waals surface area contributed by atoms with E-state index in [1.165, 1.54) is 23.0 Å². The molecule has 1 aliphatic heterocycles. The van der Waals surface area contributed by atoms with Crippen molar-refractivity contribution in [2.45, 2.75) is 39.2 Å². The molecule has 0 saturated carbocycles. The molecule has 1 aliphatic rings. The zero-order chi connectivity index (χ0) is 16.4. The molecular formula is C18H22N4O. The zero-order valence-corrected chi connectivity index (χ0v) is 13.8. The van der Waals surface area contributed by atoms with Crippen molar-refractivity contribution in [3.05, 3.63) is 53.5 Å². The molecule has 3 rings (SSSR count). The van der Waals surface area contributed by atoms with Crippen LogP contribution in [-0.4, -0.2) is 27.4 Å². The van der Waals surface area contributed by atoms with Gasteiger partial charge in [-0.2, -0.15) is 0 Å². The standard InChI is InChI=1S/C18H22N4O/c1-18(2,3)15-5-4-13-7-9-22(11-14(13)10-15)17(23)21-16-6-8-19-12-20-16/h4-6,8,10,12H,7,9,11H2,1-3H3,(H,19,20,21,23). The quantitative estimate of drug-likeness (QED) is 0.878. The minimum atomic E-state index is -0.115. The average Bonchev–Trinajstić information content (AvgIpc) is 2.54. The maximum Gasteiger partial charge on any atom is 0.323 e. The van der Waals surface area contributed by atoms with Gasteiger partial charge in [-0.25, -0.2) is 14.8 Å². The lowest BCUT2D eigenvalue weighted by molar-refractivity contribution is 0.206. The van der Waals surface area contributed by atoms with E-state index in [4.69, 9.17) is 0 Å². The second kappa shape index (κ2) is 5.99. The third kappa shape index (κ3) is 3.50. The average molecular weight is 310 g/mol. The number of amides is 2. The van der Waals surface area contributed by atoms with Gasteiger partial charge < -0.3 is 4.90 Å². The molecule has 2 heterocycles. The summed E-state index contributed by atoms with van der Waals surface area (Å²) in [5, 5.41) is 2.82. The van der Waals surface area contributed by atoms with Crippen LogP contribution in [0.3, 0.4) is 0 Å². The summed E-state index contributed by atoms with van der Waals surface area (Å²) in [5.74, 6) is 0.527. The monoisotopic (exact) mass is 310 g/mol. The molecule has 0 radical (unpaired) electrons. The number of carbonyl (C=O) groups excluding carboxylic acids is 1. The summed E-state index contributed by atoms with van der Waals surface area (Å²) < 4.78 is 0. The minimum Gasteiger partial charge on any atom is -0.320 e. The van der Waals surface area contributed by atoms with Crippen LogP contribution in [0, 0.1) is 0 Å². The van der Waals surface area contributed by atoms with Gasteiger partial charge in [0.1, 0.15) is 12.1 Å². The summed E-state index contributed by atoms with van der Waals surface area (Å²) in [6, 6.07) is 8.22. The van der Waals surface area contributed by atoms with Gasteiger partial charge in [-0.05, 0) is 34.6 Å². The van der Waals surface area contributed by atoms with E-state index in [9.17, 15) is 4.79 Å². The number of hydrogen-bond acceptors (Lipinski definition) is 3. The van der Waals surface area contributed by atoms with Gasteiger partial charge in [0.25, 0.3) is 0 Å². The van der Waals surface area contributed by atoms with Crippen LogP contribution < -0.4 is 5.32 Å². The van der Waals surface area contributed by atoms with Gasteiger partial charge in [0.2, 0.25) is 0 Å². The van der Waals surface area contributed by atoms with Crippen molar-refractivity contribution in [2.75, 3.05) is 11.9 Å². The number of rotatable bonds is 1. The van der Waals surface area contributed by atoms with Crippen LogP contribution in [0.1, 0.15) is 37.5 Å². The van der Waals surface area contributed by atoms with Crippen LogP contribution in [0.4, 0.5) is 10.6 Å². The highest BCUT2D eigenvalue weighted by atomic mass is 16.2. The van der Waals surface area contributed by atoms with Gasteiger partial charge in [0.15, 0.2) is 0 Å². The molecule has 5 heteroatoms. The Bertz CT molecular complexity index is 707. The molecule has 23 heavy (non-hydrogen) atoms. The Kier molecular flexibility index (Phi) is 4.03. The van der Waals surface area contributed by atoms with Crippen LogP contribution >= 0.6 is 0 Å². The number of carbonyl (C=O) groups is 1. The minimum absolute atomic E-state index is 0.112. The van der Waals surface area contributed by atoms with E-state index in [1.54, 1.807) is 12.3 Å². The van der Waals surface area contributed by atoms with Crippen molar-refractivity contribution in [3.8, 4) is 0 Å². The third-order valence-electron chi connectivity index (χ3n) is 4.19. The van der Waals surface area contributed by atoms with Crippen molar-refractivity contribution in [3.63, 3.8) is 0 Å². The second-order valence-electron chi connectivity index (χ2n) is 6.93. The number of hydrogen-bond donors (Lipinski definition) is 1. The number of urea groups is 1. The van der Waals surface area contributed by atoms with Gasteiger partial charge in [-0.15, -0.1) is 0 Å². The molecule has 0 spiro atoms. The predicted octanol–water partition coefficient (Wildman–Crippen LogP) is 3.36. The van der Waals surface area contributed by atoms with E-state index in [0.29, 0.717) is 12.4 Å². The van der Waals surface area contributed by atoms with Crippen molar-refractivity contribution in [2.24, 2.45) is 0 Å². The first-order valence-corrected chi connectivity index (χ1v) is 7.88. The molecule has 2 aromatic rings. The molecule has 2 amide bonds. The Morgan fingerprint density at radius 1 is 1.22 bits per heavy atom. The van der Waals surface area contributed by atoms with Crippen LogP contribution in [0.15, 0.2) is 36.8 Å². The van der Waals surface area contributed by atoms with Crippen molar-refractivity contribution in [1.82, 2.24) is 14.9 Å². The zero-order valence-electron chi connectivity index (χ0n) is 13.8. The molecule has 120 valence electrons. The highest BCUT2D eigenvalue weighted by Crippen LogP contribution is 2.27. The summed E-state index contributed by atoms with van der Waals surface area (Å²) >= 11 is 0. The second-order valence-corrected chi connectivity index (χ2v) is 6.93. The first-order valence-electron chi connectivity index (χ1n) is 7.88. The van der Waals surface area contributed by atoms with E-state index >= 15 is 0 Å². The van der Waals surface area contributed by atoms with Crippen molar-refractivity contribution in [1.29, 1.82) is 0 Å². The highest BCUT2D eigenvalue weighted by Gasteiger charge is 2.23. The molecule has 0 unspecified atom stereocenters. The molecule has 0 aliphatic carbocycles. The van der Waals surface area contributed by atoms with Gasteiger partial charge in [0, 0.05) is 19.3 Å². The number of fused-ring (bicyclic) bond motifs is 1. The predicted molar refractivity (Wildman–Crippen MR) is 90.3 cm³/mol. The molecule has 0 fully saturated rings. The van der Waals surface area contributed by atoms with E-state index in [0.717, 1.165) is 13.0 Å². The summed E-state index contributed by atoms with van der Waals surface area (Å²) in [4.78, 5) is 22.1. The highest BCUT2D eigenvalue weighted by molar-refractivity contribution is 5.88. The Balaban J connectivity index is 1.75. The van der Waals surface area contributed by atoms with Crippen LogP contribution in [0.2, 0.25) is 0 Å². The van der Waals surface area contributed by atoms with Gasteiger partial charge in [-0.1, -0.05) is 39.0 Å². The van der Waals surface area contributed by atoms with Gasteiger partial charge >= 0.3 is 6.03 Å². The van der Waals surface area contributed by atoms with E-state index in [2.05, 4.69) is 54.3 Å². The van der Waals surface area contributed by atoms with Crippen molar-refractivity contribution < 1.29 is 4.79 Å². The number of nitrogens with one attached hydrogen (secondary N) is 1. The Morgan fingerprint density at radius 2 is 2.04 bits per heavy atom. The molecule has 0 bridgehead atoms. The van der Waals surface area contributed by atoms with Crippen LogP contribution in [-0.2, 0) is 18.4 Å². The third-order valence-corrected chi connectivity index (χ3v) is 4.19. The van der Waals surface area contributed by atoms with Crippen LogP contribution in [0.5, 0.6) is 0 Å². The lowest BCUT2D eigenvalue weighted by atomic mass is 9.84. The first kappa shape index (κ1) is 15.5. The van der Waals surface area contributed by atoms with E-state index in [-0.39, 0.29) is 11.4 Å². The van der Waals surface area contributed by atoms with Crippen LogP contribution in [0.25, 0.3) is 0 Å². The molecule has 5 nitrogen and oxygen atoms in total. The molecule has 1 aromatic carbocycles. The summed E-state index contributed by atoms with van der Waals surface area (Å²) in [7, 11) is 0. The lowest BCUT2D eigenvalue weighted by Gasteiger charge is -2.30. The summed E-state index contributed by atoms with van der Waals surface area (Å²) in [5.41, 5.74) is 3.99. The summed E-state index contributed by atoms with van der Waals surface area (Å²) in [6.07, 6.45) is 3.93. The fourth-order valence-electron chi connectivity index (χ4n) is 2.75.